The Bertz CT molecular complexity index is 1090. The summed E-state index contributed by atoms with van der Waals surface area (Å²) in [5.41, 5.74) is 2.38. The first kappa shape index (κ1) is 19.7. The molecule has 7 nitrogen and oxygen atoms in total. The monoisotopic (exact) mass is 401 g/mol. The molecule has 1 aliphatic rings. The Kier molecular flexibility index (Phi) is 5.50. The van der Waals surface area contributed by atoms with Crippen LogP contribution in [0.4, 0.5) is 0 Å². The van der Waals surface area contributed by atoms with Crippen LogP contribution >= 0.6 is 0 Å². The normalized spacial score (nSPS) is 16.7. The van der Waals surface area contributed by atoms with Crippen LogP contribution in [0, 0.1) is 11.3 Å². The van der Waals surface area contributed by atoms with E-state index in [1.807, 2.05) is 66.4 Å². The Morgan fingerprint density at radius 1 is 1.10 bits per heavy atom. The largest absolute Gasteiger partial charge is 0.509 e. The molecule has 1 atom stereocenters. The summed E-state index contributed by atoms with van der Waals surface area (Å²) in [6, 6.07) is 18.5. The number of aromatic nitrogens is 2. The highest BCUT2D eigenvalue weighted by molar-refractivity contribution is 5.94. The molecule has 4 rings (SSSR count). The van der Waals surface area contributed by atoms with Crippen LogP contribution in [0.1, 0.15) is 23.1 Å². The smallest absolute Gasteiger partial charge is 0.253 e. The maximum Gasteiger partial charge on any atom is 0.253 e. The maximum atomic E-state index is 12.6. The third-order valence-electron chi connectivity index (χ3n) is 5.56. The fourth-order valence-corrected chi connectivity index (χ4v) is 3.76. The average Bonchev–Trinajstić information content (AvgIpc) is 3.23. The zero-order valence-corrected chi connectivity index (χ0v) is 16.7. The van der Waals surface area contributed by atoms with Gasteiger partial charge in [-0.15, -0.1) is 0 Å². The molecule has 7 heteroatoms. The SMILES string of the molecule is C[C@@H](/C(O)=C(\C#N)c1nc2ccccc2[nH]1)N1CCN(C(=O)c2ccccc2)CC1. The number of nitrogens with zero attached hydrogens (tertiary/aromatic N) is 4. The van der Waals surface area contributed by atoms with E-state index in [1.165, 1.54) is 0 Å². The van der Waals surface area contributed by atoms with E-state index in [0.717, 1.165) is 11.0 Å². The number of piperazine rings is 1. The first-order valence-electron chi connectivity index (χ1n) is 9.95. The highest BCUT2D eigenvalue weighted by Crippen LogP contribution is 2.23. The van der Waals surface area contributed by atoms with Crippen LogP contribution in [0.5, 0.6) is 0 Å². The van der Waals surface area contributed by atoms with Crippen molar-refractivity contribution in [3.05, 3.63) is 71.7 Å². The number of imidazole rings is 1. The number of carbonyl (C=O) groups excluding carboxylic acids is 1. The van der Waals surface area contributed by atoms with Gasteiger partial charge in [-0.25, -0.2) is 4.98 Å². The molecular weight excluding hydrogens is 378 g/mol. The number of nitriles is 1. The molecule has 0 aliphatic carbocycles. The molecule has 152 valence electrons. The molecule has 3 aromatic rings. The minimum Gasteiger partial charge on any atom is -0.509 e. The zero-order chi connectivity index (χ0) is 21.1. The van der Waals surface area contributed by atoms with E-state index >= 15 is 0 Å². The lowest BCUT2D eigenvalue weighted by Gasteiger charge is -2.37. The van der Waals surface area contributed by atoms with Gasteiger partial charge in [-0.1, -0.05) is 30.3 Å². The fourth-order valence-electron chi connectivity index (χ4n) is 3.76. The second kappa shape index (κ2) is 8.39. The van der Waals surface area contributed by atoms with Gasteiger partial charge in [0.05, 0.1) is 17.1 Å². The number of aliphatic hydroxyl groups excluding tert-OH is 1. The Morgan fingerprint density at radius 3 is 2.43 bits per heavy atom. The zero-order valence-electron chi connectivity index (χ0n) is 16.7. The molecule has 1 aromatic heterocycles. The molecule has 2 N–H and O–H groups in total. The summed E-state index contributed by atoms with van der Waals surface area (Å²) in [6.07, 6.45) is 0. The molecule has 0 saturated carbocycles. The summed E-state index contributed by atoms with van der Waals surface area (Å²) in [4.78, 5) is 24.1. The van der Waals surface area contributed by atoms with E-state index in [4.69, 9.17) is 0 Å². The molecule has 0 radical (unpaired) electrons. The van der Waals surface area contributed by atoms with E-state index < -0.39 is 0 Å². The van der Waals surface area contributed by atoms with Crippen molar-refractivity contribution in [2.24, 2.45) is 0 Å². The number of hydrogen-bond donors (Lipinski definition) is 2. The molecular formula is C23H23N5O2. The van der Waals surface area contributed by atoms with E-state index in [1.54, 1.807) is 0 Å². The van der Waals surface area contributed by atoms with Crippen molar-refractivity contribution in [3.8, 4) is 6.07 Å². The minimum atomic E-state index is -0.359. The number of fused-ring (bicyclic) bond motifs is 1. The molecule has 0 spiro atoms. The van der Waals surface area contributed by atoms with Gasteiger partial charge in [0.25, 0.3) is 5.91 Å². The number of para-hydroxylation sites is 2. The summed E-state index contributed by atoms with van der Waals surface area (Å²) in [5, 5.41) is 20.5. The Hall–Kier alpha value is -3.63. The van der Waals surface area contributed by atoms with Gasteiger partial charge in [-0.3, -0.25) is 9.69 Å². The van der Waals surface area contributed by atoms with Gasteiger partial charge in [-0.2, -0.15) is 5.26 Å². The Balaban J connectivity index is 1.48. The number of nitrogens with one attached hydrogen (secondary N) is 1. The number of H-pyrrole nitrogens is 1. The van der Waals surface area contributed by atoms with Gasteiger partial charge >= 0.3 is 0 Å². The van der Waals surface area contributed by atoms with Crippen LogP contribution in [0.3, 0.4) is 0 Å². The van der Waals surface area contributed by atoms with Gasteiger partial charge in [0.1, 0.15) is 17.4 Å². The lowest BCUT2D eigenvalue weighted by Crippen LogP contribution is -2.51. The molecule has 1 fully saturated rings. The lowest BCUT2D eigenvalue weighted by molar-refractivity contribution is 0.0579. The van der Waals surface area contributed by atoms with E-state index in [9.17, 15) is 15.2 Å². The maximum absolute atomic E-state index is 12.6. The number of aromatic amines is 1. The number of rotatable bonds is 4. The number of carbonyl (C=O) groups is 1. The second-order valence-corrected chi connectivity index (χ2v) is 7.34. The van der Waals surface area contributed by atoms with Crippen molar-refractivity contribution in [2.75, 3.05) is 26.2 Å². The van der Waals surface area contributed by atoms with Crippen LogP contribution in [0.25, 0.3) is 16.6 Å². The van der Waals surface area contributed by atoms with Crippen LogP contribution in [0.15, 0.2) is 60.4 Å². The third-order valence-corrected chi connectivity index (χ3v) is 5.56. The van der Waals surface area contributed by atoms with Crippen molar-refractivity contribution in [3.63, 3.8) is 0 Å². The molecule has 1 saturated heterocycles. The number of amides is 1. The number of aliphatic hydroxyl groups is 1. The van der Waals surface area contributed by atoms with Crippen LogP contribution < -0.4 is 0 Å². The molecule has 0 bridgehead atoms. The topological polar surface area (TPSA) is 96.2 Å². The predicted molar refractivity (Wildman–Crippen MR) is 115 cm³/mol. The van der Waals surface area contributed by atoms with Crippen molar-refractivity contribution in [1.29, 1.82) is 5.26 Å². The van der Waals surface area contributed by atoms with Crippen LogP contribution in [0.2, 0.25) is 0 Å². The summed E-state index contributed by atoms with van der Waals surface area (Å²) < 4.78 is 0. The molecule has 2 aromatic carbocycles. The second-order valence-electron chi connectivity index (χ2n) is 7.34. The molecule has 2 heterocycles. The standard InChI is InChI=1S/C23H23N5O2/c1-16(21(29)18(15-24)22-25-19-9-5-6-10-20(19)26-22)27-11-13-28(14-12-27)23(30)17-7-3-2-4-8-17/h2-10,16,29H,11-14H2,1H3,(H,25,26)/b21-18-/t16-/m0/s1. The Labute approximate surface area is 174 Å². The first-order valence-corrected chi connectivity index (χ1v) is 9.95. The van der Waals surface area contributed by atoms with Gasteiger partial charge < -0.3 is 15.0 Å². The van der Waals surface area contributed by atoms with E-state index in [2.05, 4.69) is 20.9 Å². The average molecular weight is 401 g/mol. The minimum absolute atomic E-state index is 0.0145. The summed E-state index contributed by atoms with van der Waals surface area (Å²) in [7, 11) is 0. The lowest BCUT2D eigenvalue weighted by atomic mass is 10.1. The molecule has 1 amide bonds. The first-order chi connectivity index (χ1) is 14.6. The van der Waals surface area contributed by atoms with E-state index in [-0.39, 0.29) is 23.3 Å². The van der Waals surface area contributed by atoms with E-state index in [0.29, 0.717) is 37.6 Å². The van der Waals surface area contributed by atoms with Gasteiger partial charge in [0.15, 0.2) is 5.82 Å². The van der Waals surface area contributed by atoms with Gasteiger partial charge in [-0.05, 0) is 31.2 Å². The fraction of sp³-hybridized carbons (Fsp3) is 0.261. The summed E-state index contributed by atoms with van der Waals surface area (Å²) in [5.74, 6) is 0.364. The van der Waals surface area contributed by atoms with Gasteiger partial charge in [0, 0.05) is 31.7 Å². The quantitative estimate of drug-likeness (QED) is 0.517. The highest BCUT2D eigenvalue weighted by atomic mass is 16.3. The third kappa shape index (κ3) is 3.78. The van der Waals surface area contributed by atoms with Crippen molar-refractivity contribution >= 4 is 22.5 Å². The molecule has 30 heavy (non-hydrogen) atoms. The summed E-state index contributed by atoms with van der Waals surface area (Å²) >= 11 is 0. The Morgan fingerprint density at radius 2 is 1.77 bits per heavy atom. The molecule has 1 aliphatic heterocycles. The van der Waals surface area contributed by atoms with Crippen molar-refractivity contribution < 1.29 is 9.90 Å². The number of allylic oxidation sites excluding steroid dienone is 1. The summed E-state index contributed by atoms with van der Waals surface area (Å²) in [6.45, 7) is 4.23. The van der Waals surface area contributed by atoms with Crippen LogP contribution in [-0.2, 0) is 0 Å². The highest BCUT2D eigenvalue weighted by Gasteiger charge is 2.28. The predicted octanol–water partition coefficient (Wildman–Crippen LogP) is 3.20. The van der Waals surface area contributed by atoms with Crippen LogP contribution in [-0.4, -0.2) is 63.0 Å². The molecule has 0 unspecified atom stereocenters. The number of benzene rings is 2. The van der Waals surface area contributed by atoms with Gasteiger partial charge in [0.2, 0.25) is 0 Å². The van der Waals surface area contributed by atoms with Crippen molar-refractivity contribution in [1.82, 2.24) is 19.8 Å². The van der Waals surface area contributed by atoms with Crippen molar-refractivity contribution in [2.45, 2.75) is 13.0 Å². The number of hydrogen-bond acceptors (Lipinski definition) is 5.